The Balaban J connectivity index is 1.50. The molecule has 0 aliphatic carbocycles. The quantitative estimate of drug-likeness (QED) is 0.424. The first kappa shape index (κ1) is 18.1. The van der Waals surface area contributed by atoms with Gasteiger partial charge in [0.05, 0.1) is 31.1 Å². The molecule has 0 aliphatic heterocycles. The molecule has 28 heavy (non-hydrogen) atoms. The van der Waals surface area contributed by atoms with Crippen molar-refractivity contribution in [1.29, 1.82) is 0 Å². The second-order valence-corrected chi connectivity index (χ2v) is 7.04. The van der Waals surface area contributed by atoms with Crippen molar-refractivity contribution in [3.63, 3.8) is 0 Å². The van der Waals surface area contributed by atoms with Gasteiger partial charge >= 0.3 is 0 Å². The second kappa shape index (κ2) is 8.13. The zero-order valence-corrected chi connectivity index (χ0v) is 16.1. The van der Waals surface area contributed by atoms with E-state index >= 15 is 0 Å². The van der Waals surface area contributed by atoms with Crippen LogP contribution in [-0.4, -0.2) is 26.2 Å². The average molecular weight is 396 g/mol. The molecule has 144 valence electrons. The highest BCUT2D eigenvalue weighted by Crippen LogP contribution is 2.24. The van der Waals surface area contributed by atoms with E-state index in [0.29, 0.717) is 37.1 Å². The molecule has 0 aliphatic rings. The van der Waals surface area contributed by atoms with Crippen molar-refractivity contribution in [2.24, 2.45) is 0 Å². The predicted molar refractivity (Wildman–Crippen MR) is 110 cm³/mol. The number of rotatable bonds is 8. The van der Waals surface area contributed by atoms with Gasteiger partial charge in [-0.3, -0.25) is 9.89 Å². The first-order valence-corrected chi connectivity index (χ1v) is 9.81. The van der Waals surface area contributed by atoms with Crippen molar-refractivity contribution in [2.75, 3.05) is 17.2 Å². The summed E-state index contributed by atoms with van der Waals surface area (Å²) in [6.45, 7) is 3.54. The number of H-pyrrole nitrogens is 1. The Morgan fingerprint density at radius 1 is 1.14 bits per heavy atom. The van der Waals surface area contributed by atoms with Crippen LogP contribution in [0.5, 0.6) is 5.75 Å². The molecule has 0 amide bonds. The Morgan fingerprint density at radius 3 is 2.86 bits per heavy atom. The van der Waals surface area contributed by atoms with Crippen LogP contribution in [0.4, 0.5) is 11.6 Å². The number of hydrogen-bond acceptors (Lipinski definition) is 7. The molecular formula is C19H20N6O2S. The second-order valence-electron chi connectivity index (χ2n) is 6.01. The summed E-state index contributed by atoms with van der Waals surface area (Å²) in [6.07, 6.45) is 0. The van der Waals surface area contributed by atoms with Crippen LogP contribution in [-0.2, 0) is 13.1 Å². The Kier molecular flexibility index (Phi) is 5.24. The number of nitrogens with zero attached hydrogens (tertiary/aromatic N) is 3. The molecule has 8 nitrogen and oxygen atoms in total. The number of hydrogen-bond donors (Lipinski definition) is 3. The van der Waals surface area contributed by atoms with E-state index in [1.165, 1.54) is 15.5 Å². The van der Waals surface area contributed by atoms with Gasteiger partial charge in [-0.2, -0.15) is 9.50 Å². The van der Waals surface area contributed by atoms with E-state index in [0.717, 1.165) is 11.4 Å². The van der Waals surface area contributed by atoms with Crippen LogP contribution in [0, 0.1) is 0 Å². The molecule has 0 unspecified atom stereocenters. The van der Waals surface area contributed by atoms with Crippen LogP contribution in [0.25, 0.3) is 5.78 Å². The van der Waals surface area contributed by atoms with Gasteiger partial charge in [-0.25, -0.2) is 4.98 Å². The molecule has 0 atom stereocenters. The molecule has 3 aromatic heterocycles. The summed E-state index contributed by atoms with van der Waals surface area (Å²) in [6, 6.07) is 13.2. The summed E-state index contributed by atoms with van der Waals surface area (Å²) in [7, 11) is 0. The zero-order valence-electron chi connectivity index (χ0n) is 15.3. The van der Waals surface area contributed by atoms with E-state index in [9.17, 15) is 4.79 Å². The van der Waals surface area contributed by atoms with E-state index in [2.05, 4.69) is 25.7 Å². The van der Waals surface area contributed by atoms with Crippen molar-refractivity contribution in [3.05, 3.63) is 68.8 Å². The van der Waals surface area contributed by atoms with E-state index < -0.39 is 0 Å². The smallest absolute Gasteiger partial charge is 0.274 e. The van der Waals surface area contributed by atoms with E-state index in [-0.39, 0.29) is 5.56 Å². The van der Waals surface area contributed by atoms with Crippen molar-refractivity contribution in [3.8, 4) is 5.75 Å². The third kappa shape index (κ3) is 3.99. The van der Waals surface area contributed by atoms with Gasteiger partial charge in [0, 0.05) is 10.9 Å². The largest absolute Gasteiger partial charge is 0.492 e. The Labute approximate surface area is 165 Å². The lowest BCUT2D eigenvalue weighted by Crippen LogP contribution is -2.17. The molecule has 3 N–H and O–H groups in total. The summed E-state index contributed by atoms with van der Waals surface area (Å²) >= 11 is 1.66. The van der Waals surface area contributed by atoms with Crippen LogP contribution in [0.15, 0.2) is 52.6 Å². The number of benzene rings is 1. The van der Waals surface area contributed by atoms with Gasteiger partial charge in [-0.1, -0.05) is 18.2 Å². The summed E-state index contributed by atoms with van der Waals surface area (Å²) in [5, 5.41) is 11.4. The number of anilines is 2. The summed E-state index contributed by atoms with van der Waals surface area (Å²) in [4.78, 5) is 22.4. The van der Waals surface area contributed by atoms with Gasteiger partial charge in [-0.15, -0.1) is 11.3 Å². The Morgan fingerprint density at radius 2 is 2.04 bits per heavy atom. The van der Waals surface area contributed by atoms with Crippen LogP contribution in [0.1, 0.15) is 17.5 Å². The number of thiophene rings is 1. The van der Waals surface area contributed by atoms with Gasteiger partial charge in [0.25, 0.3) is 11.3 Å². The van der Waals surface area contributed by atoms with Gasteiger partial charge in [0.2, 0.25) is 5.95 Å². The number of fused-ring (bicyclic) bond motifs is 1. The van der Waals surface area contributed by atoms with Gasteiger partial charge in [0.1, 0.15) is 5.75 Å². The van der Waals surface area contributed by atoms with Crippen LogP contribution in [0.2, 0.25) is 0 Å². The molecule has 1 aromatic carbocycles. The monoisotopic (exact) mass is 396 g/mol. The lowest BCUT2D eigenvalue weighted by Gasteiger charge is -2.11. The van der Waals surface area contributed by atoms with Crippen molar-refractivity contribution in [1.82, 2.24) is 19.6 Å². The molecule has 0 spiro atoms. The van der Waals surface area contributed by atoms with E-state index in [1.807, 2.05) is 48.7 Å². The third-order valence-electron chi connectivity index (χ3n) is 4.04. The average Bonchev–Trinajstić information content (AvgIpc) is 3.35. The van der Waals surface area contributed by atoms with Gasteiger partial charge in [-0.05, 0) is 30.5 Å². The number of ether oxygens (including phenoxy) is 1. The summed E-state index contributed by atoms with van der Waals surface area (Å²) in [5.74, 6) is 1.60. The minimum Gasteiger partial charge on any atom is -0.492 e. The van der Waals surface area contributed by atoms with Gasteiger partial charge in [0.15, 0.2) is 0 Å². The van der Waals surface area contributed by atoms with Crippen LogP contribution < -0.4 is 20.9 Å². The molecule has 0 saturated heterocycles. The highest BCUT2D eigenvalue weighted by atomic mass is 32.1. The number of aromatic nitrogens is 4. The van der Waals surface area contributed by atoms with Crippen molar-refractivity contribution >= 4 is 28.8 Å². The van der Waals surface area contributed by atoms with Crippen molar-refractivity contribution in [2.45, 2.75) is 20.0 Å². The third-order valence-corrected chi connectivity index (χ3v) is 4.92. The predicted octanol–water partition coefficient (Wildman–Crippen LogP) is 3.10. The highest BCUT2D eigenvalue weighted by Gasteiger charge is 2.09. The molecular weight excluding hydrogens is 376 g/mol. The van der Waals surface area contributed by atoms with E-state index in [4.69, 9.17) is 4.74 Å². The lowest BCUT2D eigenvalue weighted by atomic mass is 10.3. The fourth-order valence-electron chi connectivity index (χ4n) is 2.76. The minimum absolute atomic E-state index is 0.212. The Bertz CT molecular complexity index is 1120. The molecule has 9 heteroatoms. The van der Waals surface area contributed by atoms with Crippen LogP contribution in [0.3, 0.4) is 0 Å². The SMILES string of the molecule is CCOc1ccccc1NCc1cc(=O)n2[nH]c(NCc3cccs3)nc2n1. The lowest BCUT2D eigenvalue weighted by molar-refractivity contribution is 0.341. The zero-order chi connectivity index (χ0) is 19.3. The van der Waals surface area contributed by atoms with Crippen LogP contribution >= 0.6 is 11.3 Å². The molecule has 4 aromatic rings. The summed E-state index contributed by atoms with van der Waals surface area (Å²) in [5.41, 5.74) is 1.25. The number of para-hydroxylation sites is 2. The van der Waals surface area contributed by atoms with Crippen molar-refractivity contribution < 1.29 is 4.74 Å². The molecule has 0 fully saturated rings. The number of nitrogens with one attached hydrogen (secondary N) is 3. The van der Waals surface area contributed by atoms with Gasteiger partial charge < -0.3 is 15.4 Å². The molecule has 4 rings (SSSR count). The normalized spacial score (nSPS) is 10.9. The first-order chi connectivity index (χ1) is 13.7. The first-order valence-electron chi connectivity index (χ1n) is 8.93. The maximum atomic E-state index is 12.4. The highest BCUT2D eigenvalue weighted by molar-refractivity contribution is 7.09. The molecule has 3 heterocycles. The minimum atomic E-state index is -0.212. The topological polar surface area (TPSA) is 96.3 Å². The van der Waals surface area contributed by atoms with E-state index in [1.54, 1.807) is 11.3 Å². The molecule has 0 saturated carbocycles. The molecule has 0 radical (unpaired) electrons. The summed E-state index contributed by atoms with van der Waals surface area (Å²) < 4.78 is 6.93. The fourth-order valence-corrected chi connectivity index (χ4v) is 3.41. The molecule has 0 bridgehead atoms. The fraction of sp³-hybridized carbons (Fsp3) is 0.211. The Hall–Kier alpha value is -3.33. The standard InChI is InChI=1S/C19H20N6O2S/c1-2-27-16-8-4-3-7-15(16)20-11-13-10-17(26)25-19(22-13)23-18(24-25)21-12-14-6-5-9-28-14/h3-10,20H,2,11-12H2,1H3,(H2,21,22,23,24). The number of aromatic amines is 1. The maximum absolute atomic E-state index is 12.4. The maximum Gasteiger partial charge on any atom is 0.274 e.